The molecule has 3 N–H and O–H groups in total. The summed E-state index contributed by atoms with van der Waals surface area (Å²) in [5.41, 5.74) is 5.54. The fraction of sp³-hybridized carbons (Fsp3) is 0.643. The topological polar surface area (TPSA) is 71.5 Å². The number of likely N-dealkylation sites (tertiary alicyclic amines) is 1. The molecule has 1 aromatic heterocycles. The van der Waals surface area contributed by atoms with E-state index in [4.69, 9.17) is 10.2 Å². The van der Waals surface area contributed by atoms with Crippen molar-refractivity contribution in [3.05, 3.63) is 23.7 Å². The Morgan fingerprint density at radius 2 is 2.21 bits per heavy atom. The van der Waals surface area contributed by atoms with Gasteiger partial charge in [-0.1, -0.05) is 0 Å². The number of hydrogen-bond donors (Lipinski definition) is 2. The quantitative estimate of drug-likeness (QED) is 0.829. The van der Waals surface area contributed by atoms with Crippen LogP contribution in [-0.2, 0) is 11.3 Å². The van der Waals surface area contributed by atoms with E-state index in [9.17, 15) is 4.79 Å². The summed E-state index contributed by atoms with van der Waals surface area (Å²) < 4.78 is 5.43. The van der Waals surface area contributed by atoms with Crippen LogP contribution in [0.25, 0.3) is 0 Å². The fourth-order valence-corrected chi connectivity index (χ4v) is 2.50. The van der Waals surface area contributed by atoms with E-state index < -0.39 is 0 Å². The fourth-order valence-electron chi connectivity index (χ4n) is 2.50. The zero-order chi connectivity index (χ0) is 13.7. The van der Waals surface area contributed by atoms with Gasteiger partial charge in [0.05, 0.1) is 6.54 Å². The summed E-state index contributed by atoms with van der Waals surface area (Å²) in [6, 6.07) is 3.81. The number of aryl methyl sites for hydroxylation is 1. The lowest BCUT2D eigenvalue weighted by molar-refractivity contribution is -0.126. The Hall–Kier alpha value is -1.33. The van der Waals surface area contributed by atoms with Gasteiger partial charge in [-0.25, -0.2) is 0 Å². The molecule has 0 atom stereocenters. The molecule has 1 aliphatic heterocycles. The lowest BCUT2D eigenvalue weighted by Gasteiger charge is -2.30. The number of nitrogens with zero attached hydrogens (tertiary/aromatic N) is 1. The van der Waals surface area contributed by atoms with Crippen LogP contribution in [0, 0.1) is 12.8 Å². The molecule has 0 radical (unpaired) electrons. The summed E-state index contributed by atoms with van der Waals surface area (Å²) in [6.07, 6.45) is 1.84. The van der Waals surface area contributed by atoms with Crippen molar-refractivity contribution >= 4 is 5.91 Å². The zero-order valence-electron chi connectivity index (χ0n) is 11.5. The molecule has 0 aromatic carbocycles. The van der Waals surface area contributed by atoms with Crippen molar-refractivity contribution in [2.75, 3.05) is 26.2 Å². The monoisotopic (exact) mass is 265 g/mol. The number of carbonyl (C=O) groups excluding carboxylic acids is 1. The van der Waals surface area contributed by atoms with Crippen molar-refractivity contribution in [3.63, 3.8) is 0 Å². The van der Waals surface area contributed by atoms with Crippen LogP contribution in [0.4, 0.5) is 0 Å². The van der Waals surface area contributed by atoms with Gasteiger partial charge in [-0.05, 0) is 45.0 Å². The van der Waals surface area contributed by atoms with Crippen LogP contribution < -0.4 is 11.1 Å². The second kappa shape index (κ2) is 6.73. The first-order valence-corrected chi connectivity index (χ1v) is 6.94. The molecule has 0 aliphatic carbocycles. The number of furan rings is 1. The number of piperidine rings is 1. The number of amides is 1. The van der Waals surface area contributed by atoms with Crippen LogP contribution in [0.1, 0.15) is 24.4 Å². The molecule has 1 amide bonds. The average Bonchev–Trinajstić information content (AvgIpc) is 2.83. The summed E-state index contributed by atoms with van der Waals surface area (Å²) in [6.45, 7) is 5.94. The second-order valence-corrected chi connectivity index (χ2v) is 5.13. The zero-order valence-corrected chi connectivity index (χ0v) is 11.5. The molecule has 5 heteroatoms. The Labute approximate surface area is 114 Å². The van der Waals surface area contributed by atoms with Gasteiger partial charge in [-0.2, -0.15) is 0 Å². The molecule has 1 saturated heterocycles. The lowest BCUT2D eigenvalue weighted by Crippen LogP contribution is -2.41. The Bertz CT molecular complexity index is 409. The highest BCUT2D eigenvalue weighted by atomic mass is 16.3. The molecule has 0 saturated carbocycles. The largest absolute Gasteiger partial charge is 0.465 e. The highest BCUT2D eigenvalue weighted by Gasteiger charge is 2.24. The number of nitrogens with two attached hydrogens (primary N) is 1. The van der Waals surface area contributed by atoms with Crippen molar-refractivity contribution in [2.24, 2.45) is 11.7 Å². The Kier molecular flexibility index (Phi) is 4.99. The van der Waals surface area contributed by atoms with Crippen LogP contribution in [0.3, 0.4) is 0 Å². The van der Waals surface area contributed by atoms with E-state index in [2.05, 4.69) is 10.2 Å². The van der Waals surface area contributed by atoms with E-state index in [1.54, 1.807) is 0 Å². The Balaban J connectivity index is 1.72. The summed E-state index contributed by atoms with van der Waals surface area (Å²) in [7, 11) is 0. The maximum absolute atomic E-state index is 12.0. The van der Waals surface area contributed by atoms with E-state index in [-0.39, 0.29) is 11.8 Å². The van der Waals surface area contributed by atoms with Gasteiger partial charge in [-0.3, -0.25) is 4.79 Å². The number of carbonyl (C=O) groups is 1. The van der Waals surface area contributed by atoms with E-state index in [0.29, 0.717) is 13.1 Å². The highest BCUT2D eigenvalue weighted by Crippen LogP contribution is 2.17. The molecule has 19 heavy (non-hydrogen) atoms. The van der Waals surface area contributed by atoms with E-state index in [1.807, 2.05) is 19.1 Å². The summed E-state index contributed by atoms with van der Waals surface area (Å²) >= 11 is 0. The average molecular weight is 265 g/mol. The highest BCUT2D eigenvalue weighted by molar-refractivity contribution is 5.78. The lowest BCUT2D eigenvalue weighted by atomic mass is 9.96. The number of rotatable bonds is 5. The van der Waals surface area contributed by atoms with Gasteiger partial charge in [0.1, 0.15) is 11.5 Å². The van der Waals surface area contributed by atoms with Gasteiger partial charge >= 0.3 is 0 Å². The Morgan fingerprint density at radius 1 is 1.47 bits per heavy atom. The maximum atomic E-state index is 12.0. The smallest absolute Gasteiger partial charge is 0.223 e. The molecule has 2 rings (SSSR count). The van der Waals surface area contributed by atoms with Gasteiger partial charge in [-0.15, -0.1) is 0 Å². The summed E-state index contributed by atoms with van der Waals surface area (Å²) in [5, 5.41) is 2.95. The molecule has 0 spiro atoms. The van der Waals surface area contributed by atoms with E-state index in [0.717, 1.165) is 44.0 Å². The number of hydrogen-bond acceptors (Lipinski definition) is 4. The minimum absolute atomic E-state index is 0.130. The van der Waals surface area contributed by atoms with E-state index >= 15 is 0 Å². The predicted molar refractivity (Wildman–Crippen MR) is 73.5 cm³/mol. The molecule has 1 aliphatic rings. The first-order chi connectivity index (χ1) is 9.19. The second-order valence-electron chi connectivity index (χ2n) is 5.13. The summed E-state index contributed by atoms with van der Waals surface area (Å²) in [4.78, 5) is 14.4. The molecular formula is C14H23N3O2. The van der Waals surface area contributed by atoms with Crippen LogP contribution in [0.5, 0.6) is 0 Å². The molecule has 5 nitrogen and oxygen atoms in total. The predicted octanol–water partition coefficient (Wildman–Crippen LogP) is 0.875. The van der Waals surface area contributed by atoms with Crippen LogP contribution in [-0.4, -0.2) is 37.0 Å². The van der Waals surface area contributed by atoms with Gasteiger partial charge in [0.15, 0.2) is 0 Å². The van der Waals surface area contributed by atoms with Crippen LogP contribution in [0.2, 0.25) is 0 Å². The van der Waals surface area contributed by atoms with Gasteiger partial charge < -0.3 is 20.4 Å². The number of nitrogens with one attached hydrogen (secondary N) is 1. The third-order valence-corrected chi connectivity index (χ3v) is 3.64. The Morgan fingerprint density at radius 3 is 2.79 bits per heavy atom. The maximum Gasteiger partial charge on any atom is 0.223 e. The van der Waals surface area contributed by atoms with Crippen molar-refractivity contribution < 1.29 is 9.21 Å². The summed E-state index contributed by atoms with van der Waals surface area (Å²) in [5.74, 6) is 1.96. The first-order valence-electron chi connectivity index (χ1n) is 6.94. The van der Waals surface area contributed by atoms with E-state index in [1.165, 1.54) is 0 Å². The van der Waals surface area contributed by atoms with Crippen molar-refractivity contribution in [2.45, 2.75) is 26.3 Å². The van der Waals surface area contributed by atoms with Crippen LogP contribution in [0.15, 0.2) is 16.5 Å². The van der Waals surface area contributed by atoms with Gasteiger partial charge in [0.2, 0.25) is 5.91 Å². The standard InChI is InChI=1S/C14H23N3O2/c1-11-2-3-13(19-11)10-16-14(18)12-4-7-17(8-5-12)9-6-15/h2-3,12H,4-10,15H2,1H3,(H,16,18). The SMILES string of the molecule is Cc1ccc(CNC(=O)C2CCN(CCN)CC2)o1. The molecule has 1 fully saturated rings. The minimum atomic E-state index is 0.130. The van der Waals surface area contributed by atoms with Gasteiger partial charge in [0, 0.05) is 19.0 Å². The molecule has 0 unspecified atom stereocenters. The molecule has 106 valence electrons. The van der Waals surface area contributed by atoms with Gasteiger partial charge in [0.25, 0.3) is 0 Å². The normalized spacial score (nSPS) is 17.6. The molecule has 1 aromatic rings. The molecule has 2 heterocycles. The minimum Gasteiger partial charge on any atom is -0.465 e. The third kappa shape index (κ3) is 4.08. The first kappa shape index (κ1) is 14.1. The van der Waals surface area contributed by atoms with Crippen molar-refractivity contribution in [1.82, 2.24) is 10.2 Å². The molecular weight excluding hydrogens is 242 g/mol. The van der Waals surface area contributed by atoms with Crippen LogP contribution >= 0.6 is 0 Å². The molecule has 0 bridgehead atoms. The van der Waals surface area contributed by atoms with Crippen molar-refractivity contribution in [3.8, 4) is 0 Å². The van der Waals surface area contributed by atoms with Crippen molar-refractivity contribution in [1.29, 1.82) is 0 Å². The third-order valence-electron chi connectivity index (χ3n) is 3.64.